The molecule has 0 aliphatic rings. The second-order valence-corrected chi connectivity index (χ2v) is 23.0. The molecule has 5 N–H and O–H groups in total. The zero-order chi connectivity index (χ0) is 59.8. The summed E-state index contributed by atoms with van der Waals surface area (Å²) in [5, 5.41) is 41.1. The predicted octanol–water partition coefficient (Wildman–Crippen LogP) is 20.4. The third-order valence-corrected chi connectivity index (χ3v) is 13.8. The van der Waals surface area contributed by atoms with Gasteiger partial charge in [0.2, 0.25) is 0 Å². The first-order valence-electron chi connectivity index (χ1n) is 34.1. The Morgan fingerprint density at radius 1 is 0.329 bits per heavy atom. The zero-order valence-corrected chi connectivity index (χ0v) is 54.1. The molecule has 0 amide bonds. The highest BCUT2D eigenvalue weighted by Crippen LogP contribution is 2.16. The molecule has 10 heteroatoms. The molecule has 0 aromatic carbocycles. The second kappa shape index (κ2) is 80.2. The number of allylic oxidation sites excluding steroid dienone is 2. The van der Waals surface area contributed by atoms with Gasteiger partial charge in [-0.15, -0.1) is 0 Å². The number of aliphatic carboxylic acids is 1. The highest BCUT2D eigenvalue weighted by molar-refractivity contribution is 5.69. The van der Waals surface area contributed by atoms with Gasteiger partial charge < -0.3 is 35.0 Å². The third-order valence-electron chi connectivity index (χ3n) is 13.8. The van der Waals surface area contributed by atoms with Gasteiger partial charge in [0.1, 0.15) is 6.10 Å². The molecule has 0 aromatic rings. The van der Waals surface area contributed by atoms with Gasteiger partial charge in [0.15, 0.2) is 0 Å². The number of carboxylic acids is 1. The van der Waals surface area contributed by atoms with E-state index in [-0.39, 0.29) is 37.4 Å². The topological polar surface area (TPSA) is 171 Å². The summed E-state index contributed by atoms with van der Waals surface area (Å²) >= 11 is 0. The van der Waals surface area contributed by atoms with E-state index in [1.165, 1.54) is 270 Å². The lowest BCUT2D eigenvalue weighted by molar-refractivity contribution is -0.148. The van der Waals surface area contributed by atoms with Gasteiger partial charge in [-0.25, -0.2) is 0 Å². The van der Waals surface area contributed by atoms with Crippen LogP contribution in [-0.2, 0) is 23.9 Å². The van der Waals surface area contributed by atoms with Crippen LogP contribution in [0.15, 0.2) is 12.2 Å². The second-order valence-electron chi connectivity index (χ2n) is 23.0. The predicted molar refractivity (Wildman–Crippen MR) is 340 cm³/mol. The summed E-state index contributed by atoms with van der Waals surface area (Å²) in [4.78, 5) is 32.9. The van der Waals surface area contributed by atoms with Crippen molar-refractivity contribution in [2.24, 2.45) is 0 Å². The van der Waals surface area contributed by atoms with Crippen LogP contribution in [-0.4, -0.2) is 81.6 Å². The van der Waals surface area contributed by atoms with E-state index in [1.54, 1.807) is 0 Å². The van der Waals surface area contributed by atoms with Crippen molar-refractivity contribution >= 4 is 17.9 Å². The van der Waals surface area contributed by atoms with Crippen LogP contribution in [0.1, 0.15) is 376 Å². The van der Waals surface area contributed by atoms with Crippen LogP contribution in [0.25, 0.3) is 0 Å². The molecular formula is C69H140O10. The van der Waals surface area contributed by atoms with E-state index in [2.05, 4.69) is 39.8 Å². The van der Waals surface area contributed by atoms with Crippen LogP contribution >= 0.6 is 0 Å². The maximum Gasteiger partial charge on any atom is 0.306 e. The van der Waals surface area contributed by atoms with Gasteiger partial charge in [-0.1, -0.05) is 290 Å². The number of hydrogen-bond donors (Lipinski definition) is 5. The first-order chi connectivity index (χ1) is 38.3. The molecule has 0 saturated carbocycles. The number of rotatable bonds is 55. The van der Waals surface area contributed by atoms with E-state index < -0.39 is 12.1 Å². The first-order valence-corrected chi connectivity index (χ1v) is 34.1. The van der Waals surface area contributed by atoms with Crippen molar-refractivity contribution in [3.05, 3.63) is 12.2 Å². The molecule has 0 unspecified atom stereocenters. The molecule has 0 bridgehead atoms. The summed E-state index contributed by atoms with van der Waals surface area (Å²) in [6.45, 7) is 16.3. The standard InChI is InChI=1S/C19H38O2.C18H34O2.C17H34O2.C12H26O.C3H8O3/c1-4-5-6-7-8-9-10-11-12-13-14-15-16-17-19(20)21-18(2)3;1-2-3-4-5-6-7-8-9-10-11-12-13-14-15-16-17-18(19)20;1-4-5-6-7-8-9-10-11-12-13-14-15-17(18)19-16(2)3;1-2-3-4-5-6-7-8-9-10-11-12-13;4-1-3(6)2-5/h18H,4-17H2,1-3H3;9-10H,2-8,11-17H2,1H3,(H,19,20);16H,4-15H2,1-3H3;13H,2-12H2,1H3;3-6H,1-2H2. The Balaban J connectivity index is -0.000000300. The van der Waals surface area contributed by atoms with Crippen LogP contribution < -0.4 is 0 Å². The van der Waals surface area contributed by atoms with Crippen molar-refractivity contribution in [1.82, 2.24) is 0 Å². The maximum absolute atomic E-state index is 11.3. The summed E-state index contributed by atoms with van der Waals surface area (Å²) in [7, 11) is 0. The SMILES string of the molecule is CCCCCCCCC=CCCCCCCCC(=O)O.CCCCCCCCCCCCCC(=O)OC(C)C.CCCCCCCCCCCCCCCC(=O)OC(C)C.CCCCCCCCCCCCO.OCC(O)CO. The van der Waals surface area contributed by atoms with Crippen molar-refractivity contribution in [2.45, 2.75) is 395 Å². The number of unbranched alkanes of at least 4 members (excludes halogenated alkanes) is 42. The fourth-order valence-corrected chi connectivity index (χ4v) is 8.87. The third kappa shape index (κ3) is 98.5. The molecule has 0 saturated heterocycles. The number of carbonyl (C=O) groups excluding carboxylic acids is 2. The van der Waals surface area contributed by atoms with E-state index in [1.807, 2.05) is 27.7 Å². The van der Waals surface area contributed by atoms with Gasteiger partial charge in [0.05, 0.1) is 25.4 Å². The van der Waals surface area contributed by atoms with Crippen molar-refractivity contribution < 1.29 is 49.4 Å². The van der Waals surface area contributed by atoms with Crippen LogP contribution in [0.4, 0.5) is 0 Å². The molecule has 0 aromatic heterocycles. The molecule has 79 heavy (non-hydrogen) atoms. The van der Waals surface area contributed by atoms with Gasteiger partial charge in [-0.05, 0) is 79.1 Å². The van der Waals surface area contributed by atoms with Gasteiger partial charge in [-0.3, -0.25) is 14.4 Å². The molecule has 0 fully saturated rings. The normalized spacial score (nSPS) is 10.9. The van der Waals surface area contributed by atoms with Gasteiger partial charge in [0, 0.05) is 25.9 Å². The van der Waals surface area contributed by atoms with Crippen molar-refractivity contribution in [3.63, 3.8) is 0 Å². The molecule has 476 valence electrons. The van der Waals surface area contributed by atoms with Gasteiger partial charge in [-0.2, -0.15) is 0 Å². The average molecular weight is 1130 g/mol. The van der Waals surface area contributed by atoms with Gasteiger partial charge in [0.25, 0.3) is 0 Å². The van der Waals surface area contributed by atoms with E-state index in [4.69, 9.17) is 35.0 Å². The summed E-state index contributed by atoms with van der Waals surface area (Å²) < 4.78 is 10.2. The molecular weight excluding hydrogens is 989 g/mol. The van der Waals surface area contributed by atoms with Crippen molar-refractivity contribution in [3.8, 4) is 0 Å². The van der Waals surface area contributed by atoms with Crippen LogP contribution in [0, 0.1) is 0 Å². The van der Waals surface area contributed by atoms with Crippen LogP contribution in [0.2, 0.25) is 0 Å². The average Bonchev–Trinajstić information content (AvgIpc) is 3.42. The Kier molecular flexibility index (Phi) is 87.1. The smallest absolute Gasteiger partial charge is 0.306 e. The Hall–Kier alpha value is -2.01. The highest BCUT2D eigenvalue weighted by Gasteiger charge is 2.06. The number of ether oxygens (including phenoxy) is 2. The summed E-state index contributed by atoms with van der Waals surface area (Å²) in [6.07, 6.45) is 66.7. The molecule has 0 aliphatic heterocycles. The molecule has 0 rings (SSSR count). The minimum Gasteiger partial charge on any atom is -0.481 e. The molecule has 0 spiro atoms. The number of aliphatic hydroxyl groups is 4. The molecule has 0 aliphatic carbocycles. The number of esters is 2. The minimum atomic E-state index is -0.954. The number of carboxylic acid groups (broad SMARTS) is 1. The Bertz CT molecular complexity index is 1130. The maximum atomic E-state index is 11.3. The summed E-state index contributed by atoms with van der Waals surface area (Å²) in [5.74, 6) is -0.735. The fourth-order valence-electron chi connectivity index (χ4n) is 8.87. The Morgan fingerprint density at radius 3 is 0.747 bits per heavy atom. The Morgan fingerprint density at radius 2 is 0.544 bits per heavy atom. The molecule has 10 nitrogen and oxygen atoms in total. The van der Waals surface area contributed by atoms with E-state index in [9.17, 15) is 14.4 Å². The number of hydrogen-bond acceptors (Lipinski definition) is 9. The van der Waals surface area contributed by atoms with Gasteiger partial charge >= 0.3 is 17.9 Å². The van der Waals surface area contributed by atoms with Crippen molar-refractivity contribution in [2.75, 3.05) is 19.8 Å². The monoisotopic (exact) mass is 1130 g/mol. The van der Waals surface area contributed by atoms with E-state index in [0.717, 1.165) is 32.1 Å². The molecule has 0 radical (unpaired) electrons. The zero-order valence-electron chi connectivity index (χ0n) is 54.1. The minimum absolute atomic E-state index is 0.0273. The summed E-state index contributed by atoms with van der Waals surface area (Å²) in [5.41, 5.74) is 0. The Labute approximate surface area is 492 Å². The van der Waals surface area contributed by atoms with E-state index in [0.29, 0.717) is 25.9 Å². The first kappa shape index (κ1) is 85.8. The lowest BCUT2D eigenvalue weighted by Gasteiger charge is -2.07. The number of aliphatic hydroxyl groups excluding tert-OH is 4. The molecule has 0 heterocycles. The summed E-state index contributed by atoms with van der Waals surface area (Å²) in [6, 6.07) is 0. The molecule has 0 atom stereocenters. The highest BCUT2D eigenvalue weighted by atomic mass is 16.5. The van der Waals surface area contributed by atoms with E-state index >= 15 is 0 Å². The lowest BCUT2D eigenvalue weighted by Crippen LogP contribution is -2.15. The van der Waals surface area contributed by atoms with Crippen molar-refractivity contribution in [1.29, 1.82) is 0 Å². The lowest BCUT2D eigenvalue weighted by atomic mass is 10.0. The number of carbonyl (C=O) groups is 3. The van der Waals surface area contributed by atoms with Crippen LogP contribution in [0.5, 0.6) is 0 Å². The largest absolute Gasteiger partial charge is 0.481 e. The van der Waals surface area contributed by atoms with Crippen LogP contribution in [0.3, 0.4) is 0 Å². The quantitative estimate of drug-likeness (QED) is 0.0224. The fraction of sp³-hybridized carbons (Fsp3) is 0.928.